The summed E-state index contributed by atoms with van der Waals surface area (Å²) in [5.41, 5.74) is 1.74. The van der Waals surface area contributed by atoms with Gasteiger partial charge < -0.3 is 4.84 Å². The van der Waals surface area contributed by atoms with Crippen molar-refractivity contribution in [1.82, 2.24) is 5.06 Å². The Balaban J connectivity index is 0.00000120. The molecule has 0 aromatic rings. The SMILES string of the molecule is Br.O=C1C=C/C(=C2\C=C3C=CC=CN3O2)C=C1Cl. The number of carbonyl (C=O) groups is 1. The normalized spacial score (nSPS) is 24.3. The average molecular weight is 327 g/mol. The first-order valence-electron chi connectivity index (χ1n) is 5.12. The summed E-state index contributed by atoms with van der Waals surface area (Å²) in [6, 6.07) is 0. The van der Waals surface area contributed by atoms with E-state index in [9.17, 15) is 4.79 Å². The van der Waals surface area contributed by atoms with Gasteiger partial charge in [-0.2, -0.15) is 5.06 Å². The van der Waals surface area contributed by atoms with Crippen LogP contribution in [0.15, 0.2) is 70.8 Å². The number of nitrogens with zero attached hydrogens (tertiary/aromatic N) is 1. The fourth-order valence-corrected chi connectivity index (χ4v) is 1.87. The Hall–Kier alpha value is -1.52. The summed E-state index contributed by atoms with van der Waals surface area (Å²) < 4.78 is 0. The zero-order valence-electron chi connectivity index (χ0n) is 9.17. The molecule has 18 heavy (non-hydrogen) atoms. The van der Waals surface area contributed by atoms with Gasteiger partial charge in [0.2, 0.25) is 0 Å². The molecule has 0 saturated heterocycles. The maximum atomic E-state index is 11.2. The molecule has 0 aromatic carbocycles. The molecule has 0 radical (unpaired) electrons. The second kappa shape index (κ2) is 5.00. The fraction of sp³-hybridized carbons (Fsp3) is 0. The van der Waals surface area contributed by atoms with Crippen LogP contribution in [-0.4, -0.2) is 10.8 Å². The minimum absolute atomic E-state index is 0. The predicted octanol–water partition coefficient (Wildman–Crippen LogP) is 3.29. The Morgan fingerprint density at radius 3 is 2.67 bits per heavy atom. The molecule has 2 heterocycles. The van der Waals surface area contributed by atoms with Crippen molar-refractivity contribution >= 4 is 34.4 Å². The van der Waals surface area contributed by atoms with Crippen molar-refractivity contribution in [3.8, 4) is 0 Å². The van der Waals surface area contributed by atoms with E-state index in [0.717, 1.165) is 11.3 Å². The van der Waals surface area contributed by atoms with Crippen molar-refractivity contribution in [3.63, 3.8) is 0 Å². The molecule has 0 fully saturated rings. The standard InChI is InChI=1S/C13H8ClNO2.BrH/c14-11-7-9(4-5-12(11)16)13-8-10-3-1-2-6-15(10)17-13;/h1-8H;1H/b13-9-;. The van der Waals surface area contributed by atoms with Crippen molar-refractivity contribution in [1.29, 1.82) is 0 Å². The molecule has 5 heteroatoms. The summed E-state index contributed by atoms with van der Waals surface area (Å²) in [6.45, 7) is 0. The van der Waals surface area contributed by atoms with E-state index in [1.807, 2.05) is 30.5 Å². The number of rotatable bonds is 0. The second-order valence-corrected chi connectivity index (χ2v) is 4.10. The minimum Gasteiger partial charge on any atom is -0.375 e. The highest BCUT2D eigenvalue weighted by Crippen LogP contribution is 2.29. The lowest BCUT2D eigenvalue weighted by Gasteiger charge is -2.16. The topological polar surface area (TPSA) is 29.5 Å². The van der Waals surface area contributed by atoms with Crippen LogP contribution < -0.4 is 0 Å². The molecule has 0 unspecified atom stereocenters. The molecule has 0 atom stereocenters. The lowest BCUT2D eigenvalue weighted by atomic mass is 10.1. The van der Waals surface area contributed by atoms with E-state index in [-0.39, 0.29) is 27.8 Å². The molecular weight excluding hydrogens is 318 g/mol. The van der Waals surface area contributed by atoms with E-state index in [0.29, 0.717) is 5.76 Å². The highest BCUT2D eigenvalue weighted by atomic mass is 79.9. The molecule has 0 bridgehead atoms. The van der Waals surface area contributed by atoms with Gasteiger partial charge in [0.05, 0.1) is 10.7 Å². The molecule has 0 amide bonds. The number of carbonyl (C=O) groups excluding carboxylic acids is 1. The van der Waals surface area contributed by atoms with Crippen LogP contribution >= 0.6 is 28.6 Å². The largest absolute Gasteiger partial charge is 0.375 e. The van der Waals surface area contributed by atoms with Crippen LogP contribution in [0, 0.1) is 0 Å². The third kappa shape index (κ3) is 2.21. The third-order valence-corrected chi connectivity index (χ3v) is 2.84. The summed E-state index contributed by atoms with van der Waals surface area (Å²) in [6.07, 6.45) is 14.2. The van der Waals surface area contributed by atoms with E-state index in [4.69, 9.17) is 16.4 Å². The van der Waals surface area contributed by atoms with Crippen LogP contribution in [-0.2, 0) is 9.63 Å². The smallest absolute Gasteiger partial charge is 0.197 e. The van der Waals surface area contributed by atoms with Gasteiger partial charge in [0.25, 0.3) is 0 Å². The van der Waals surface area contributed by atoms with Gasteiger partial charge in [-0.3, -0.25) is 4.79 Å². The predicted molar refractivity (Wildman–Crippen MR) is 74.7 cm³/mol. The Bertz CT molecular complexity index is 582. The van der Waals surface area contributed by atoms with Crippen molar-refractivity contribution in [2.45, 2.75) is 0 Å². The van der Waals surface area contributed by atoms with Crippen LogP contribution in [0.4, 0.5) is 0 Å². The molecule has 0 saturated carbocycles. The zero-order valence-corrected chi connectivity index (χ0v) is 11.6. The molecular formula is C13H9BrClNO2. The first kappa shape index (κ1) is 12.9. The van der Waals surface area contributed by atoms with Gasteiger partial charge in [0.1, 0.15) is 0 Å². The number of allylic oxidation sites excluding steroid dienone is 9. The highest BCUT2D eigenvalue weighted by molar-refractivity contribution is 8.93. The van der Waals surface area contributed by atoms with Crippen molar-refractivity contribution in [2.24, 2.45) is 0 Å². The second-order valence-electron chi connectivity index (χ2n) is 3.70. The van der Waals surface area contributed by atoms with Gasteiger partial charge in [0, 0.05) is 17.8 Å². The number of hydroxylamine groups is 2. The Morgan fingerprint density at radius 1 is 1.11 bits per heavy atom. The number of ketones is 1. The summed E-state index contributed by atoms with van der Waals surface area (Å²) >= 11 is 5.80. The maximum absolute atomic E-state index is 11.2. The van der Waals surface area contributed by atoms with Gasteiger partial charge >= 0.3 is 0 Å². The van der Waals surface area contributed by atoms with E-state index in [2.05, 4.69) is 0 Å². The minimum atomic E-state index is -0.181. The van der Waals surface area contributed by atoms with Crippen molar-refractivity contribution in [2.75, 3.05) is 0 Å². The van der Waals surface area contributed by atoms with Gasteiger partial charge in [-0.25, -0.2) is 0 Å². The van der Waals surface area contributed by atoms with Crippen LogP contribution in [0.5, 0.6) is 0 Å². The summed E-state index contributed by atoms with van der Waals surface area (Å²) in [5, 5.41) is 1.86. The first-order chi connectivity index (χ1) is 8.24. The molecule has 2 aliphatic heterocycles. The number of halogens is 2. The Morgan fingerprint density at radius 2 is 1.94 bits per heavy atom. The average Bonchev–Trinajstić information content (AvgIpc) is 2.76. The van der Waals surface area contributed by atoms with Crippen molar-refractivity contribution < 1.29 is 9.63 Å². The first-order valence-corrected chi connectivity index (χ1v) is 5.49. The van der Waals surface area contributed by atoms with E-state index in [1.165, 1.54) is 6.08 Å². The molecule has 92 valence electrons. The molecule has 0 spiro atoms. The summed E-state index contributed by atoms with van der Waals surface area (Å²) in [4.78, 5) is 16.8. The number of fused-ring (bicyclic) bond motifs is 1. The fourth-order valence-electron chi connectivity index (χ4n) is 1.69. The van der Waals surface area contributed by atoms with E-state index >= 15 is 0 Å². The summed E-state index contributed by atoms with van der Waals surface area (Å²) in [5.74, 6) is 0.497. The molecule has 3 aliphatic rings. The lowest BCUT2D eigenvalue weighted by molar-refractivity contribution is -0.110. The van der Waals surface area contributed by atoms with Gasteiger partial charge in [-0.15, -0.1) is 17.0 Å². The van der Waals surface area contributed by atoms with E-state index < -0.39 is 0 Å². The third-order valence-electron chi connectivity index (χ3n) is 2.55. The number of hydrogen-bond acceptors (Lipinski definition) is 3. The Kier molecular flexibility index (Phi) is 3.59. The molecule has 0 aromatic heterocycles. The van der Waals surface area contributed by atoms with Crippen LogP contribution in [0.3, 0.4) is 0 Å². The molecule has 0 N–H and O–H groups in total. The van der Waals surface area contributed by atoms with Crippen LogP contribution in [0.2, 0.25) is 0 Å². The zero-order chi connectivity index (χ0) is 11.8. The highest BCUT2D eigenvalue weighted by Gasteiger charge is 2.21. The molecule has 3 nitrogen and oxygen atoms in total. The Labute approximate surface area is 120 Å². The molecule has 1 aliphatic carbocycles. The maximum Gasteiger partial charge on any atom is 0.197 e. The lowest BCUT2D eigenvalue weighted by Crippen LogP contribution is -2.11. The quantitative estimate of drug-likeness (QED) is 0.684. The monoisotopic (exact) mass is 325 g/mol. The van der Waals surface area contributed by atoms with Crippen LogP contribution in [0.1, 0.15) is 0 Å². The molecule has 3 rings (SSSR count). The summed E-state index contributed by atoms with van der Waals surface area (Å²) in [7, 11) is 0. The number of hydrogen-bond donors (Lipinski definition) is 0. The van der Waals surface area contributed by atoms with E-state index in [1.54, 1.807) is 17.2 Å². The van der Waals surface area contributed by atoms with Gasteiger partial charge in [-0.05, 0) is 30.4 Å². The van der Waals surface area contributed by atoms with Crippen LogP contribution in [0.25, 0.3) is 0 Å². The van der Waals surface area contributed by atoms with Gasteiger partial charge in [0.15, 0.2) is 11.5 Å². The van der Waals surface area contributed by atoms with Gasteiger partial charge in [-0.1, -0.05) is 17.7 Å². The van der Waals surface area contributed by atoms with Crippen molar-refractivity contribution in [3.05, 3.63) is 70.8 Å².